The van der Waals surface area contributed by atoms with Gasteiger partial charge in [0.1, 0.15) is 11.5 Å². The van der Waals surface area contributed by atoms with Crippen molar-refractivity contribution in [1.29, 1.82) is 0 Å². The molecule has 0 spiro atoms. The van der Waals surface area contributed by atoms with Crippen LogP contribution in [0.25, 0.3) is 10.2 Å². The summed E-state index contributed by atoms with van der Waals surface area (Å²) in [6, 6.07) is 5.74. The van der Waals surface area contributed by atoms with Crippen molar-refractivity contribution < 1.29 is 22.7 Å². The molecule has 28 heavy (non-hydrogen) atoms. The zero-order valence-corrected chi connectivity index (χ0v) is 18.5. The van der Waals surface area contributed by atoms with E-state index in [4.69, 9.17) is 4.74 Å². The number of hydrogen-bond acceptors (Lipinski definition) is 6. The lowest BCUT2D eigenvalue weighted by atomic mass is 10.3. The number of rotatable bonds is 5. The van der Waals surface area contributed by atoms with Gasteiger partial charge in [-0.3, -0.25) is 9.59 Å². The normalized spacial score (nSPS) is 15.9. The molecule has 3 rings (SSSR count). The molecule has 0 aliphatic carbocycles. The zero-order valence-electron chi connectivity index (χ0n) is 15.3. The van der Waals surface area contributed by atoms with Crippen LogP contribution in [-0.4, -0.2) is 67.5 Å². The number of aromatic nitrogens is 1. The van der Waals surface area contributed by atoms with Gasteiger partial charge in [-0.15, -0.1) is 0 Å². The number of amides is 2. The van der Waals surface area contributed by atoms with E-state index in [1.165, 1.54) is 16.2 Å². The van der Waals surface area contributed by atoms with Gasteiger partial charge in [-0.2, -0.15) is 4.99 Å². The van der Waals surface area contributed by atoms with Gasteiger partial charge in [0.25, 0.3) is 5.91 Å². The van der Waals surface area contributed by atoms with Crippen molar-refractivity contribution in [3.63, 3.8) is 0 Å². The number of morpholine rings is 1. The van der Waals surface area contributed by atoms with Gasteiger partial charge in [-0.05, 0) is 25.1 Å². The Morgan fingerprint density at radius 3 is 2.64 bits per heavy atom. The van der Waals surface area contributed by atoms with Crippen molar-refractivity contribution in [1.82, 2.24) is 9.47 Å². The van der Waals surface area contributed by atoms with Gasteiger partial charge in [0.15, 0.2) is 14.6 Å². The third-order valence-corrected chi connectivity index (χ3v) is 7.14. The standard InChI is InChI=1S/C17H20BrN3O5S2/c1-2-21-13-4-3-12(18)9-14(13)27-17(21)19-15(22)10-28(24,25)11-16(23)20-5-7-26-8-6-20/h3-4,9H,2,5-8,10-11H2,1H3. The fourth-order valence-corrected chi connectivity index (χ4v) is 5.67. The molecule has 1 aromatic carbocycles. The second-order valence-electron chi connectivity index (χ2n) is 6.27. The quantitative estimate of drug-likeness (QED) is 0.627. The number of hydrogen-bond donors (Lipinski definition) is 0. The van der Waals surface area contributed by atoms with E-state index in [9.17, 15) is 18.0 Å². The Bertz CT molecular complexity index is 1070. The summed E-state index contributed by atoms with van der Waals surface area (Å²) in [6.45, 7) is 4.02. The minimum absolute atomic E-state index is 0.362. The molecule has 8 nitrogen and oxygen atoms in total. The van der Waals surface area contributed by atoms with Crippen molar-refractivity contribution in [2.75, 3.05) is 37.8 Å². The van der Waals surface area contributed by atoms with Crippen LogP contribution < -0.4 is 4.80 Å². The van der Waals surface area contributed by atoms with E-state index < -0.39 is 33.2 Å². The predicted octanol–water partition coefficient (Wildman–Crippen LogP) is 1.19. The second kappa shape index (κ2) is 8.85. The smallest absolute Gasteiger partial charge is 0.263 e. The van der Waals surface area contributed by atoms with Gasteiger partial charge in [-0.1, -0.05) is 27.3 Å². The minimum Gasteiger partial charge on any atom is -0.378 e. The molecule has 1 aliphatic rings. The molecule has 0 radical (unpaired) electrons. The maximum Gasteiger partial charge on any atom is 0.263 e. The van der Waals surface area contributed by atoms with Crippen molar-refractivity contribution in [3.8, 4) is 0 Å². The molecule has 11 heteroatoms. The zero-order chi connectivity index (χ0) is 20.3. The van der Waals surface area contributed by atoms with Crippen molar-refractivity contribution >= 4 is 59.1 Å². The molecular formula is C17H20BrN3O5S2. The number of thiazole rings is 1. The first kappa shape index (κ1) is 21.2. The number of fused-ring (bicyclic) bond motifs is 1. The molecule has 1 aliphatic heterocycles. The monoisotopic (exact) mass is 489 g/mol. The van der Waals surface area contributed by atoms with Gasteiger partial charge in [-0.25, -0.2) is 8.42 Å². The Hall–Kier alpha value is -1.56. The fourth-order valence-electron chi connectivity index (χ4n) is 2.91. The Morgan fingerprint density at radius 1 is 1.25 bits per heavy atom. The molecule has 1 saturated heterocycles. The fraction of sp³-hybridized carbons (Fsp3) is 0.471. The molecule has 0 bridgehead atoms. The summed E-state index contributed by atoms with van der Waals surface area (Å²) in [4.78, 5) is 30.3. The first-order valence-corrected chi connectivity index (χ1v) is 12.1. The number of carbonyl (C=O) groups excluding carboxylic acids is 2. The summed E-state index contributed by atoms with van der Waals surface area (Å²) in [5.41, 5.74) is 0.924. The van der Waals surface area contributed by atoms with E-state index in [0.717, 1.165) is 14.7 Å². The third-order valence-electron chi connectivity index (χ3n) is 4.23. The molecule has 152 valence electrons. The van der Waals surface area contributed by atoms with Crippen molar-refractivity contribution in [2.24, 2.45) is 4.99 Å². The number of halogens is 1. The largest absolute Gasteiger partial charge is 0.378 e. The molecule has 0 saturated carbocycles. The number of ether oxygens (including phenoxy) is 1. The average Bonchev–Trinajstić information content (AvgIpc) is 2.97. The van der Waals surface area contributed by atoms with E-state index in [1.54, 1.807) is 0 Å². The molecule has 0 unspecified atom stereocenters. The summed E-state index contributed by atoms with van der Waals surface area (Å²) in [6.07, 6.45) is 0. The van der Waals surface area contributed by atoms with Crippen molar-refractivity contribution in [3.05, 3.63) is 27.5 Å². The lowest BCUT2D eigenvalue weighted by Gasteiger charge is -2.26. The van der Waals surface area contributed by atoms with E-state index in [1.807, 2.05) is 29.7 Å². The highest BCUT2D eigenvalue weighted by molar-refractivity contribution is 9.10. The highest BCUT2D eigenvalue weighted by Gasteiger charge is 2.25. The molecule has 2 aromatic rings. The Morgan fingerprint density at radius 2 is 1.96 bits per heavy atom. The molecular weight excluding hydrogens is 470 g/mol. The van der Waals surface area contributed by atoms with Crippen LogP contribution in [0.15, 0.2) is 27.7 Å². The van der Waals surface area contributed by atoms with Crippen LogP contribution in [0.2, 0.25) is 0 Å². The number of nitrogens with zero attached hydrogens (tertiary/aromatic N) is 3. The number of benzene rings is 1. The van der Waals surface area contributed by atoms with Gasteiger partial charge in [0, 0.05) is 24.1 Å². The summed E-state index contributed by atoms with van der Waals surface area (Å²) >= 11 is 4.73. The van der Waals surface area contributed by atoms with Crippen LogP contribution in [0.3, 0.4) is 0 Å². The van der Waals surface area contributed by atoms with E-state index in [2.05, 4.69) is 20.9 Å². The molecule has 0 atom stereocenters. The number of carbonyl (C=O) groups is 2. The summed E-state index contributed by atoms with van der Waals surface area (Å²) in [5.74, 6) is -2.76. The lowest BCUT2D eigenvalue weighted by Crippen LogP contribution is -2.43. The highest BCUT2D eigenvalue weighted by atomic mass is 79.9. The first-order valence-electron chi connectivity index (χ1n) is 8.71. The molecule has 2 heterocycles. The third kappa shape index (κ3) is 5.07. The highest BCUT2D eigenvalue weighted by Crippen LogP contribution is 2.22. The molecule has 1 fully saturated rings. The van der Waals surface area contributed by atoms with Crippen LogP contribution in [0, 0.1) is 0 Å². The van der Waals surface area contributed by atoms with Crippen LogP contribution >= 0.6 is 27.3 Å². The van der Waals surface area contributed by atoms with E-state index in [-0.39, 0.29) is 0 Å². The lowest BCUT2D eigenvalue weighted by molar-refractivity contribution is -0.132. The maximum atomic E-state index is 12.3. The van der Waals surface area contributed by atoms with Gasteiger partial charge in [0.2, 0.25) is 5.91 Å². The second-order valence-corrected chi connectivity index (χ2v) is 10.3. The van der Waals surface area contributed by atoms with Crippen LogP contribution in [-0.2, 0) is 30.7 Å². The average molecular weight is 490 g/mol. The number of sulfone groups is 1. The Balaban J connectivity index is 1.77. The van der Waals surface area contributed by atoms with Crippen LogP contribution in [0.1, 0.15) is 6.92 Å². The molecule has 0 N–H and O–H groups in total. The van der Waals surface area contributed by atoms with Gasteiger partial charge < -0.3 is 14.2 Å². The summed E-state index contributed by atoms with van der Waals surface area (Å²) < 4.78 is 33.4. The Kier molecular flexibility index (Phi) is 6.69. The molecule has 1 aromatic heterocycles. The predicted molar refractivity (Wildman–Crippen MR) is 110 cm³/mol. The van der Waals surface area contributed by atoms with E-state index in [0.29, 0.717) is 37.6 Å². The molecule has 2 amide bonds. The van der Waals surface area contributed by atoms with Gasteiger partial charge in [0.05, 0.1) is 23.4 Å². The van der Waals surface area contributed by atoms with Crippen molar-refractivity contribution in [2.45, 2.75) is 13.5 Å². The topological polar surface area (TPSA) is 98.0 Å². The Labute approximate surface area is 174 Å². The summed E-state index contributed by atoms with van der Waals surface area (Å²) in [5, 5.41) is 0. The van der Waals surface area contributed by atoms with Crippen LogP contribution in [0.5, 0.6) is 0 Å². The SMILES string of the molecule is CCn1c(=NC(=O)CS(=O)(=O)CC(=O)N2CCOCC2)sc2cc(Br)ccc21. The summed E-state index contributed by atoms with van der Waals surface area (Å²) in [7, 11) is -3.89. The first-order chi connectivity index (χ1) is 13.3. The number of aryl methyl sites for hydroxylation is 1. The van der Waals surface area contributed by atoms with E-state index >= 15 is 0 Å². The maximum absolute atomic E-state index is 12.3. The van der Waals surface area contributed by atoms with Crippen LogP contribution in [0.4, 0.5) is 0 Å². The minimum atomic E-state index is -3.89. The van der Waals surface area contributed by atoms with Gasteiger partial charge >= 0.3 is 0 Å².